The minimum atomic E-state index is 0.508. The molecule has 0 atom stereocenters. The minimum absolute atomic E-state index is 0.508. The van der Waals surface area contributed by atoms with E-state index in [0.717, 1.165) is 42.9 Å². The minimum Gasteiger partial charge on any atom is -0.377 e. The first-order valence-corrected chi connectivity index (χ1v) is 7.48. The number of nitrogens with one attached hydrogen (secondary N) is 1. The van der Waals surface area contributed by atoms with Crippen molar-refractivity contribution in [3.05, 3.63) is 29.8 Å². The molecule has 0 saturated carbocycles. The molecule has 110 valence electrons. The van der Waals surface area contributed by atoms with Crippen LogP contribution in [0.1, 0.15) is 51.0 Å². The molecule has 5 nitrogen and oxygen atoms in total. The van der Waals surface area contributed by atoms with Gasteiger partial charge >= 0.3 is 0 Å². The molecule has 0 unspecified atom stereocenters. The molecule has 0 aromatic carbocycles. The van der Waals surface area contributed by atoms with Crippen molar-refractivity contribution in [3.63, 3.8) is 0 Å². The molecular formula is C15H25N5. The second-order valence-electron chi connectivity index (χ2n) is 5.13. The Bertz CT molecular complexity index is 536. The molecule has 5 heteroatoms. The Kier molecular flexibility index (Phi) is 4.82. The molecule has 0 saturated heterocycles. The molecule has 0 fully saturated rings. The Balaban J connectivity index is 2.00. The zero-order valence-electron chi connectivity index (χ0n) is 12.9. The summed E-state index contributed by atoms with van der Waals surface area (Å²) >= 11 is 0. The van der Waals surface area contributed by atoms with Crippen LogP contribution < -0.4 is 5.32 Å². The molecule has 2 aromatic rings. The van der Waals surface area contributed by atoms with Crippen LogP contribution >= 0.6 is 0 Å². The Labute approximate surface area is 121 Å². The smallest absolute Gasteiger partial charge is 0.0853 e. The van der Waals surface area contributed by atoms with Gasteiger partial charge in [0.15, 0.2) is 0 Å². The summed E-state index contributed by atoms with van der Waals surface area (Å²) in [4.78, 5) is 0. The monoisotopic (exact) mass is 275 g/mol. The summed E-state index contributed by atoms with van der Waals surface area (Å²) in [5.74, 6) is 0. The molecule has 0 aliphatic heterocycles. The van der Waals surface area contributed by atoms with Gasteiger partial charge in [0.25, 0.3) is 0 Å². The number of aryl methyl sites for hydroxylation is 2. The number of rotatable bonds is 7. The van der Waals surface area contributed by atoms with Crippen LogP contribution in [0.15, 0.2) is 18.5 Å². The molecule has 20 heavy (non-hydrogen) atoms. The summed E-state index contributed by atoms with van der Waals surface area (Å²) in [5, 5.41) is 12.5. The summed E-state index contributed by atoms with van der Waals surface area (Å²) in [6, 6.07) is 2.60. The standard InChI is InChI=1S/C15H25N5/c1-5-13(6-2)20-9-8-12(17-20)10-16-15-11-19(4)18-14(15)7-3/h8-9,11,13,16H,5-7,10H2,1-4H3. The zero-order valence-corrected chi connectivity index (χ0v) is 12.9. The van der Waals surface area contributed by atoms with E-state index in [1.54, 1.807) is 0 Å². The molecular weight excluding hydrogens is 250 g/mol. The quantitative estimate of drug-likeness (QED) is 0.844. The first-order valence-electron chi connectivity index (χ1n) is 7.48. The summed E-state index contributed by atoms with van der Waals surface area (Å²) in [5.41, 5.74) is 3.28. The van der Waals surface area contributed by atoms with E-state index in [1.807, 2.05) is 17.9 Å². The molecule has 1 N–H and O–H groups in total. The van der Waals surface area contributed by atoms with Crippen molar-refractivity contribution < 1.29 is 0 Å². The van der Waals surface area contributed by atoms with Gasteiger partial charge in [-0.3, -0.25) is 9.36 Å². The van der Waals surface area contributed by atoms with Gasteiger partial charge < -0.3 is 5.32 Å². The molecule has 0 spiro atoms. The fraction of sp³-hybridized carbons (Fsp3) is 0.600. The Hall–Kier alpha value is -1.78. The maximum atomic E-state index is 4.66. The second kappa shape index (κ2) is 6.59. The van der Waals surface area contributed by atoms with Crippen LogP contribution in [0.5, 0.6) is 0 Å². The van der Waals surface area contributed by atoms with Gasteiger partial charge in [0.2, 0.25) is 0 Å². The van der Waals surface area contributed by atoms with Gasteiger partial charge in [-0.15, -0.1) is 0 Å². The summed E-state index contributed by atoms with van der Waals surface area (Å²) in [6.07, 6.45) is 7.28. The predicted molar refractivity (Wildman–Crippen MR) is 81.8 cm³/mol. The zero-order chi connectivity index (χ0) is 14.5. The van der Waals surface area contributed by atoms with Gasteiger partial charge in [0.1, 0.15) is 0 Å². The Morgan fingerprint density at radius 3 is 2.60 bits per heavy atom. The van der Waals surface area contributed by atoms with Gasteiger partial charge in [-0.25, -0.2) is 0 Å². The highest BCUT2D eigenvalue weighted by Gasteiger charge is 2.09. The third-order valence-electron chi connectivity index (χ3n) is 3.68. The molecule has 0 radical (unpaired) electrons. The van der Waals surface area contributed by atoms with Crippen molar-refractivity contribution in [1.82, 2.24) is 19.6 Å². The third-order valence-corrected chi connectivity index (χ3v) is 3.68. The maximum Gasteiger partial charge on any atom is 0.0853 e. The number of hydrogen-bond acceptors (Lipinski definition) is 3. The summed E-state index contributed by atoms with van der Waals surface area (Å²) in [7, 11) is 1.95. The lowest BCUT2D eigenvalue weighted by Gasteiger charge is -2.12. The van der Waals surface area contributed by atoms with Crippen LogP contribution in [0.25, 0.3) is 0 Å². The predicted octanol–water partition coefficient (Wildman–Crippen LogP) is 3.15. The number of hydrogen-bond donors (Lipinski definition) is 1. The lowest BCUT2D eigenvalue weighted by Crippen LogP contribution is -2.09. The third kappa shape index (κ3) is 3.21. The van der Waals surface area contributed by atoms with E-state index in [-0.39, 0.29) is 0 Å². The topological polar surface area (TPSA) is 47.7 Å². The summed E-state index contributed by atoms with van der Waals surface area (Å²) < 4.78 is 3.94. The number of nitrogens with zero attached hydrogens (tertiary/aromatic N) is 4. The lowest BCUT2D eigenvalue weighted by molar-refractivity contribution is 0.426. The number of aromatic nitrogens is 4. The lowest BCUT2D eigenvalue weighted by atomic mass is 10.2. The second-order valence-corrected chi connectivity index (χ2v) is 5.13. The van der Waals surface area contributed by atoms with Crippen molar-refractivity contribution in [2.75, 3.05) is 5.32 Å². The van der Waals surface area contributed by atoms with E-state index in [9.17, 15) is 0 Å². The Morgan fingerprint density at radius 1 is 1.20 bits per heavy atom. The fourth-order valence-electron chi connectivity index (χ4n) is 2.47. The number of anilines is 1. The maximum absolute atomic E-state index is 4.66. The van der Waals surface area contributed by atoms with Crippen LogP contribution in [0, 0.1) is 0 Å². The van der Waals surface area contributed by atoms with Gasteiger partial charge in [-0.1, -0.05) is 20.8 Å². The molecule has 2 aromatic heterocycles. The first kappa shape index (κ1) is 14.6. The molecule has 0 aliphatic rings. The SMILES string of the molecule is CCc1nn(C)cc1NCc1ccn(C(CC)CC)n1. The van der Waals surface area contributed by atoms with E-state index < -0.39 is 0 Å². The Morgan fingerprint density at radius 2 is 1.95 bits per heavy atom. The van der Waals surface area contributed by atoms with Crippen LogP contribution in [0.4, 0.5) is 5.69 Å². The molecule has 0 aliphatic carbocycles. The molecule has 2 heterocycles. The van der Waals surface area contributed by atoms with E-state index >= 15 is 0 Å². The highest BCUT2D eigenvalue weighted by Crippen LogP contribution is 2.17. The highest BCUT2D eigenvalue weighted by molar-refractivity contribution is 5.46. The summed E-state index contributed by atoms with van der Waals surface area (Å²) in [6.45, 7) is 7.27. The van der Waals surface area contributed by atoms with Crippen molar-refractivity contribution >= 4 is 5.69 Å². The van der Waals surface area contributed by atoms with Gasteiger partial charge in [-0.2, -0.15) is 10.2 Å². The highest BCUT2D eigenvalue weighted by atomic mass is 15.3. The fourth-order valence-corrected chi connectivity index (χ4v) is 2.47. The van der Waals surface area contributed by atoms with Gasteiger partial charge in [0.05, 0.1) is 29.7 Å². The van der Waals surface area contributed by atoms with E-state index in [2.05, 4.69) is 53.2 Å². The van der Waals surface area contributed by atoms with Gasteiger partial charge in [0, 0.05) is 19.4 Å². The van der Waals surface area contributed by atoms with E-state index in [4.69, 9.17) is 0 Å². The molecule has 0 bridgehead atoms. The van der Waals surface area contributed by atoms with Crippen LogP contribution in [-0.2, 0) is 20.0 Å². The average Bonchev–Trinajstić information content (AvgIpc) is 3.04. The first-order chi connectivity index (χ1) is 9.67. The van der Waals surface area contributed by atoms with Crippen LogP contribution in [-0.4, -0.2) is 19.6 Å². The van der Waals surface area contributed by atoms with Crippen molar-refractivity contribution in [2.45, 2.75) is 52.6 Å². The van der Waals surface area contributed by atoms with Crippen molar-refractivity contribution in [1.29, 1.82) is 0 Å². The molecule has 2 rings (SSSR count). The molecule has 0 amide bonds. The largest absolute Gasteiger partial charge is 0.377 e. The normalized spacial score (nSPS) is 11.2. The van der Waals surface area contributed by atoms with Crippen LogP contribution in [0.3, 0.4) is 0 Å². The van der Waals surface area contributed by atoms with Crippen LogP contribution in [0.2, 0.25) is 0 Å². The van der Waals surface area contributed by atoms with Crippen molar-refractivity contribution in [2.24, 2.45) is 7.05 Å². The van der Waals surface area contributed by atoms with Gasteiger partial charge in [-0.05, 0) is 25.3 Å². The van der Waals surface area contributed by atoms with E-state index in [1.165, 1.54) is 0 Å². The average molecular weight is 275 g/mol. The van der Waals surface area contributed by atoms with E-state index in [0.29, 0.717) is 6.04 Å². The van der Waals surface area contributed by atoms with Crippen molar-refractivity contribution in [3.8, 4) is 0 Å².